The van der Waals surface area contributed by atoms with Gasteiger partial charge in [0.25, 0.3) is 5.56 Å². The van der Waals surface area contributed by atoms with E-state index in [4.69, 9.17) is 22.1 Å². The van der Waals surface area contributed by atoms with Gasteiger partial charge in [0.1, 0.15) is 0 Å². The molecular weight excluding hydrogens is 338 g/mol. The minimum Gasteiger partial charge on any atom is -0.489 e. The fourth-order valence-electron chi connectivity index (χ4n) is 2.10. The molecule has 0 saturated heterocycles. The molecule has 2 rings (SSSR count). The van der Waals surface area contributed by atoms with Crippen LogP contribution in [0, 0.1) is 11.8 Å². The lowest BCUT2D eigenvalue weighted by molar-refractivity contribution is 0.306. The van der Waals surface area contributed by atoms with Crippen molar-refractivity contribution in [2.24, 2.45) is 5.73 Å². The first kappa shape index (κ1) is 19.0. The molecule has 1 aromatic carbocycles. The summed E-state index contributed by atoms with van der Waals surface area (Å²) in [5.41, 5.74) is 6.75. The molecule has 2 N–H and O–H groups in total. The summed E-state index contributed by atoms with van der Waals surface area (Å²) in [6.45, 7) is 6.49. The Labute approximate surface area is 152 Å². The number of nitrogens with two attached hydrogens (primary N) is 1. The third-order valence-electron chi connectivity index (χ3n) is 3.43. The molecule has 1 heterocycles. The van der Waals surface area contributed by atoms with Gasteiger partial charge in [-0.15, -0.1) is 0 Å². The molecule has 0 unspecified atom stereocenters. The zero-order valence-electron chi connectivity index (χ0n) is 14.7. The summed E-state index contributed by atoms with van der Waals surface area (Å²) < 4.78 is 6.87. The van der Waals surface area contributed by atoms with Gasteiger partial charge in [-0.05, 0) is 38.5 Å². The number of hydrogen-bond acceptors (Lipinski definition) is 4. The first-order valence-corrected chi connectivity index (χ1v) is 8.39. The topological polar surface area (TPSA) is 70.1 Å². The van der Waals surface area contributed by atoms with Crippen LogP contribution >= 0.6 is 11.6 Å². The number of aromatic nitrogens is 2. The number of hydrogen-bond donors (Lipinski definition) is 1. The fraction of sp³-hybridized carbons (Fsp3) is 0.368. The van der Waals surface area contributed by atoms with Gasteiger partial charge in [-0.1, -0.05) is 35.6 Å². The SMILES string of the molecule is CC(C)(C)n1ncc(OCCC#Cc2ccc(CN)cc2)c(Cl)c1=O. The molecule has 0 amide bonds. The Morgan fingerprint density at radius 2 is 1.96 bits per heavy atom. The van der Waals surface area contributed by atoms with E-state index in [0.717, 1.165) is 11.1 Å². The van der Waals surface area contributed by atoms with Crippen molar-refractivity contribution >= 4 is 11.6 Å². The second-order valence-electron chi connectivity index (χ2n) is 6.51. The molecule has 0 atom stereocenters. The van der Waals surface area contributed by atoms with Crippen molar-refractivity contribution in [2.45, 2.75) is 39.3 Å². The molecule has 2 aromatic rings. The van der Waals surface area contributed by atoms with Crippen LogP contribution in [0.5, 0.6) is 5.75 Å². The van der Waals surface area contributed by atoms with Crippen molar-refractivity contribution in [2.75, 3.05) is 6.61 Å². The van der Waals surface area contributed by atoms with E-state index >= 15 is 0 Å². The highest BCUT2D eigenvalue weighted by atomic mass is 35.5. The van der Waals surface area contributed by atoms with Gasteiger partial charge in [0, 0.05) is 18.5 Å². The minimum absolute atomic E-state index is 0.0373. The average Bonchev–Trinajstić information content (AvgIpc) is 2.57. The largest absolute Gasteiger partial charge is 0.489 e. The molecule has 0 saturated carbocycles. The Hall–Kier alpha value is -2.29. The highest BCUT2D eigenvalue weighted by Crippen LogP contribution is 2.20. The Morgan fingerprint density at radius 3 is 2.56 bits per heavy atom. The van der Waals surface area contributed by atoms with Crippen molar-refractivity contribution in [1.82, 2.24) is 9.78 Å². The summed E-state index contributed by atoms with van der Waals surface area (Å²) in [6, 6.07) is 7.78. The molecule has 0 bridgehead atoms. The smallest absolute Gasteiger partial charge is 0.289 e. The van der Waals surface area contributed by atoms with Crippen LogP contribution in [0.3, 0.4) is 0 Å². The van der Waals surface area contributed by atoms with Crippen molar-refractivity contribution in [3.8, 4) is 17.6 Å². The van der Waals surface area contributed by atoms with Crippen molar-refractivity contribution in [3.63, 3.8) is 0 Å². The molecule has 0 aliphatic rings. The van der Waals surface area contributed by atoms with Crippen molar-refractivity contribution in [3.05, 3.63) is 57.0 Å². The zero-order chi connectivity index (χ0) is 18.4. The highest BCUT2D eigenvalue weighted by Gasteiger charge is 2.19. The third kappa shape index (κ3) is 5.09. The molecule has 25 heavy (non-hydrogen) atoms. The van der Waals surface area contributed by atoms with Gasteiger partial charge in [0.05, 0.1) is 18.3 Å². The number of rotatable bonds is 4. The van der Waals surface area contributed by atoms with Crippen molar-refractivity contribution in [1.29, 1.82) is 0 Å². The number of ether oxygens (including phenoxy) is 1. The quantitative estimate of drug-likeness (QED) is 0.673. The first-order valence-electron chi connectivity index (χ1n) is 8.02. The van der Waals surface area contributed by atoms with Crippen molar-refractivity contribution < 1.29 is 4.74 Å². The van der Waals surface area contributed by atoms with E-state index in [0.29, 0.717) is 19.6 Å². The second-order valence-corrected chi connectivity index (χ2v) is 6.89. The first-order chi connectivity index (χ1) is 11.8. The van der Waals surface area contributed by atoms with E-state index in [1.807, 2.05) is 45.0 Å². The Balaban J connectivity index is 1.95. The maximum atomic E-state index is 12.2. The lowest BCUT2D eigenvalue weighted by Crippen LogP contribution is -2.36. The van der Waals surface area contributed by atoms with Gasteiger partial charge in [0.15, 0.2) is 10.8 Å². The summed E-state index contributed by atoms with van der Waals surface area (Å²) in [6.07, 6.45) is 1.98. The van der Waals surface area contributed by atoms with E-state index in [1.54, 1.807) is 0 Å². The molecule has 0 radical (unpaired) electrons. The third-order valence-corrected chi connectivity index (χ3v) is 3.78. The summed E-state index contributed by atoms with van der Waals surface area (Å²) >= 11 is 6.10. The van der Waals surface area contributed by atoms with Crippen LogP contribution in [0.15, 0.2) is 35.3 Å². The lowest BCUT2D eigenvalue weighted by Gasteiger charge is -2.21. The Morgan fingerprint density at radius 1 is 1.28 bits per heavy atom. The number of halogens is 1. The zero-order valence-corrected chi connectivity index (χ0v) is 15.4. The van der Waals surface area contributed by atoms with Crippen LogP contribution in [-0.2, 0) is 12.1 Å². The normalized spacial score (nSPS) is 10.9. The molecule has 132 valence electrons. The minimum atomic E-state index is -0.440. The predicted molar refractivity (Wildman–Crippen MR) is 99.8 cm³/mol. The maximum absolute atomic E-state index is 12.2. The van der Waals surface area contributed by atoms with Gasteiger partial charge in [0.2, 0.25) is 0 Å². The number of nitrogens with zero attached hydrogens (tertiary/aromatic N) is 2. The summed E-state index contributed by atoms with van der Waals surface area (Å²) in [7, 11) is 0. The molecule has 0 fully saturated rings. The Kier molecular flexibility index (Phi) is 6.24. The summed E-state index contributed by atoms with van der Waals surface area (Å²) in [4.78, 5) is 12.2. The average molecular weight is 360 g/mol. The maximum Gasteiger partial charge on any atom is 0.289 e. The van der Waals surface area contributed by atoms with Crippen LogP contribution in [0.25, 0.3) is 0 Å². The summed E-state index contributed by atoms with van der Waals surface area (Å²) in [5, 5.41) is 4.16. The van der Waals surface area contributed by atoms with E-state index in [1.165, 1.54) is 10.9 Å². The molecule has 1 aromatic heterocycles. The van der Waals surface area contributed by atoms with Crippen LogP contribution in [-0.4, -0.2) is 16.4 Å². The van der Waals surface area contributed by atoms with Gasteiger partial charge in [-0.3, -0.25) is 4.79 Å². The molecular formula is C19H22ClN3O2. The lowest BCUT2D eigenvalue weighted by atomic mass is 10.1. The van der Waals surface area contributed by atoms with E-state index in [2.05, 4.69) is 16.9 Å². The monoisotopic (exact) mass is 359 g/mol. The van der Waals surface area contributed by atoms with Gasteiger partial charge in [-0.2, -0.15) is 5.10 Å². The molecule has 5 nitrogen and oxygen atoms in total. The van der Waals surface area contributed by atoms with E-state index < -0.39 is 5.54 Å². The summed E-state index contributed by atoms with van der Waals surface area (Å²) in [5.74, 6) is 6.36. The Bertz CT molecular complexity index is 840. The molecule has 0 aliphatic heterocycles. The fourth-order valence-corrected chi connectivity index (χ4v) is 2.28. The van der Waals surface area contributed by atoms with Gasteiger partial charge < -0.3 is 10.5 Å². The van der Waals surface area contributed by atoms with Crippen LogP contribution in [0.1, 0.15) is 38.3 Å². The predicted octanol–water partition coefficient (Wildman–Crippen LogP) is 2.93. The second kappa shape index (κ2) is 8.19. The van der Waals surface area contributed by atoms with Crippen LogP contribution in [0.2, 0.25) is 5.02 Å². The molecule has 0 aliphatic carbocycles. The molecule has 0 spiro atoms. The van der Waals surface area contributed by atoms with E-state index in [9.17, 15) is 4.79 Å². The molecule has 6 heteroatoms. The van der Waals surface area contributed by atoms with Gasteiger partial charge in [-0.25, -0.2) is 4.68 Å². The van der Waals surface area contributed by atoms with Crippen LogP contribution in [0.4, 0.5) is 0 Å². The van der Waals surface area contributed by atoms with E-state index in [-0.39, 0.29) is 16.3 Å². The highest BCUT2D eigenvalue weighted by molar-refractivity contribution is 6.31. The van der Waals surface area contributed by atoms with Crippen LogP contribution < -0.4 is 16.0 Å². The standard InChI is InChI=1S/C19H22ClN3O2/c1-19(2,3)23-18(24)17(20)16(13-22-23)25-11-5-4-6-14-7-9-15(12-21)10-8-14/h7-10,13H,5,11-12,21H2,1-3H3. The number of benzene rings is 1. The van der Waals surface area contributed by atoms with Gasteiger partial charge >= 0.3 is 0 Å².